The lowest BCUT2D eigenvalue weighted by molar-refractivity contribution is 0.459. The molecule has 0 aliphatic heterocycles. The molecule has 2 aromatic heterocycles. The summed E-state index contributed by atoms with van der Waals surface area (Å²) in [6.45, 7) is 0.534. The molecular weight excluding hydrogens is 242 g/mol. The first-order valence-corrected chi connectivity index (χ1v) is 6.42. The first-order chi connectivity index (χ1) is 9.38. The molecule has 3 aromatic rings. The second kappa shape index (κ2) is 4.12. The summed E-state index contributed by atoms with van der Waals surface area (Å²) in [6, 6.07) is 8.19. The minimum atomic E-state index is 0.505. The fourth-order valence-electron chi connectivity index (χ4n) is 2.03. The molecule has 0 bridgehead atoms. The van der Waals surface area contributed by atoms with E-state index in [9.17, 15) is 0 Å². The summed E-state index contributed by atoms with van der Waals surface area (Å²) < 4.78 is 11.2. The minimum Gasteiger partial charge on any atom is -0.444 e. The van der Waals surface area contributed by atoms with Crippen molar-refractivity contribution in [3.05, 3.63) is 42.1 Å². The normalized spacial score (nSPS) is 14.9. The molecule has 4 rings (SSSR count). The van der Waals surface area contributed by atoms with Crippen LogP contribution in [-0.4, -0.2) is 9.97 Å². The Kier molecular flexibility index (Phi) is 2.30. The van der Waals surface area contributed by atoms with Crippen molar-refractivity contribution < 1.29 is 8.83 Å². The minimum absolute atomic E-state index is 0.505. The maximum atomic E-state index is 5.66. The zero-order chi connectivity index (χ0) is 12.7. The summed E-state index contributed by atoms with van der Waals surface area (Å²) in [7, 11) is 0. The Morgan fingerprint density at radius 2 is 2.11 bits per heavy atom. The van der Waals surface area contributed by atoms with E-state index in [4.69, 9.17) is 8.83 Å². The Morgan fingerprint density at radius 3 is 2.95 bits per heavy atom. The highest BCUT2D eigenvalue weighted by Gasteiger charge is 2.28. The van der Waals surface area contributed by atoms with Crippen LogP contribution < -0.4 is 5.32 Å². The van der Waals surface area contributed by atoms with Crippen LogP contribution in [0, 0.1) is 0 Å². The summed E-state index contributed by atoms with van der Waals surface area (Å²) in [4.78, 5) is 8.62. The highest BCUT2D eigenvalue weighted by Crippen LogP contribution is 2.39. The number of anilines is 1. The zero-order valence-corrected chi connectivity index (χ0v) is 10.3. The molecule has 2 heterocycles. The Labute approximate surface area is 109 Å². The van der Waals surface area contributed by atoms with Gasteiger partial charge < -0.3 is 14.2 Å². The monoisotopic (exact) mass is 255 g/mol. The SMILES string of the molecule is c1ccc2oc(NCc3cnc(C4CC4)o3)nc2c1. The van der Waals surface area contributed by atoms with Crippen molar-refractivity contribution in [1.82, 2.24) is 9.97 Å². The molecule has 0 amide bonds. The second-order valence-electron chi connectivity index (χ2n) is 4.78. The maximum Gasteiger partial charge on any atom is 0.296 e. The number of nitrogens with one attached hydrogen (secondary N) is 1. The van der Waals surface area contributed by atoms with Crippen LogP contribution in [0.1, 0.15) is 30.4 Å². The van der Waals surface area contributed by atoms with E-state index in [2.05, 4.69) is 15.3 Å². The van der Waals surface area contributed by atoms with Crippen LogP contribution in [0.5, 0.6) is 0 Å². The Bertz CT molecular complexity index is 679. The molecule has 1 fully saturated rings. The predicted octanol–water partition coefficient (Wildman–Crippen LogP) is 3.31. The van der Waals surface area contributed by atoms with Gasteiger partial charge in [-0.05, 0) is 25.0 Å². The van der Waals surface area contributed by atoms with Crippen LogP contribution in [0.25, 0.3) is 11.1 Å². The largest absolute Gasteiger partial charge is 0.444 e. The Morgan fingerprint density at radius 1 is 1.21 bits per heavy atom. The topological polar surface area (TPSA) is 64.1 Å². The lowest BCUT2D eigenvalue weighted by Crippen LogP contribution is -1.97. The van der Waals surface area contributed by atoms with Gasteiger partial charge in [-0.2, -0.15) is 4.98 Å². The van der Waals surface area contributed by atoms with Gasteiger partial charge >= 0.3 is 0 Å². The van der Waals surface area contributed by atoms with E-state index in [1.165, 1.54) is 12.8 Å². The van der Waals surface area contributed by atoms with E-state index in [1.807, 2.05) is 24.3 Å². The number of benzene rings is 1. The number of fused-ring (bicyclic) bond motifs is 1. The van der Waals surface area contributed by atoms with Gasteiger partial charge in [0.1, 0.15) is 11.3 Å². The average molecular weight is 255 g/mol. The van der Waals surface area contributed by atoms with Crippen molar-refractivity contribution >= 4 is 17.1 Å². The molecule has 0 saturated heterocycles. The second-order valence-corrected chi connectivity index (χ2v) is 4.78. The van der Waals surface area contributed by atoms with Crippen LogP contribution in [-0.2, 0) is 6.54 Å². The summed E-state index contributed by atoms with van der Waals surface area (Å²) in [5.41, 5.74) is 1.63. The van der Waals surface area contributed by atoms with Gasteiger partial charge in [0.25, 0.3) is 6.01 Å². The van der Waals surface area contributed by atoms with Gasteiger partial charge in [-0.25, -0.2) is 4.98 Å². The van der Waals surface area contributed by atoms with Crippen molar-refractivity contribution in [1.29, 1.82) is 0 Å². The van der Waals surface area contributed by atoms with E-state index < -0.39 is 0 Å². The first-order valence-electron chi connectivity index (χ1n) is 6.42. The zero-order valence-electron chi connectivity index (χ0n) is 10.3. The third-order valence-corrected chi connectivity index (χ3v) is 3.21. The quantitative estimate of drug-likeness (QED) is 0.774. The first kappa shape index (κ1) is 10.6. The number of nitrogens with zero attached hydrogens (tertiary/aromatic N) is 2. The molecule has 1 N–H and O–H groups in total. The standard InChI is InChI=1S/C14H13N3O2/c1-2-4-12-11(3-1)17-14(19-12)16-8-10-7-15-13(18-10)9-5-6-9/h1-4,7,9H,5-6,8H2,(H,16,17). The lowest BCUT2D eigenvalue weighted by atomic mass is 10.3. The smallest absolute Gasteiger partial charge is 0.296 e. The summed E-state index contributed by atoms with van der Waals surface area (Å²) in [6.07, 6.45) is 4.15. The van der Waals surface area contributed by atoms with Crippen molar-refractivity contribution in [2.75, 3.05) is 5.32 Å². The third kappa shape index (κ3) is 2.07. The van der Waals surface area contributed by atoms with Gasteiger partial charge in [-0.3, -0.25) is 0 Å². The molecule has 0 unspecified atom stereocenters. The molecule has 96 valence electrons. The van der Waals surface area contributed by atoms with Crippen molar-refractivity contribution in [3.63, 3.8) is 0 Å². The Balaban J connectivity index is 1.48. The number of aromatic nitrogens is 2. The molecule has 0 radical (unpaired) electrons. The highest BCUT2D eigenvalue weighted by atomic mass is 16.4. The predicted molar refractivity (Wildman–Crippen MR) is 69.8 cm³/mol. The van der Waals surface area contributed by atoms with Gasteiger partial charge in [0.05, 0.1) is 12.7 Å². The van der Waals surface area contributed by atoms with Gasteiger partial charge in [-0.15, -0.1) is 0 Å². The number of oxazole rings is 2. The fraction of sp³-hybridized carbons (Fsp3) is 0.286. The van der Waals surface area contributed by atoms with Crippen molar-refractivity contribution in [2.45, 2.75) is 25.3 Å². The van der Waals surface area contributed by atoms with Gasteiger partial charge in [-0.1, -0.05) is 12.1 Å². The molecule has 1 aliphatic carbocycles. The van der Waals surface area contributed by atoms with Crippen LogP contribution in [0.4, 0.5) is 6.01 Å². The van der Waals surface area contributed by atoms with Gasteiger partial charge in [0.2, 0.25) is 0 Å². The van der Waals surface area contributed by atoms with Gasteiger partial charge in [0.15, 0.2) is 11.5 Å². The molecule has 1 aromatic carbocycles. The van der Waals surface area contributed by atoms with Crippen LogP contribution in [0.3, 0.4) is 0 Å². The number of hydrogen-bond donors (Lipinski definition) is 1. The van der Waals surface area contributed by atoms with E-state index in [0.29, 0.717) is 18.5 Å². The van der Waals surface area contributed by atoms with Crippen LogP contribution >= 0.6 is 0 Å². The number of para-hydroxylation sites is 2. The van der Waals surface area contributed by atoms with E-state index in [1.54, 1.807) is 6.20 Å². The maximum absolute atomic E-state index is 5.66. The lowest BCUT2D eigenvalue weighted by Gasteiger charge is -1.96. The Hall–Kier alpha value is -2.30. The molecule has 19 heavy (non-hydrogen) atoms. The van der Waals surface area contributed by atoms with Crippen molar-refractivity contribution in [2.24, 2.45) is 0 Å². The average Bonchev–Trinajstić information content (AvgIpc) is 3.03. The summed E-state index contributed by atoms with van der Waals surface area (Å²) in [5, 5.41) is 3.11. The molecule has 5 heteroatoms. The van der Waals surface area contributed by atoms with E-state index >= 15 is 0 Å². The molecule has 1 aliphatic rings. The summed E-state index contributed by atoms with van der Waals surface area (Å²) in [5.74, 6) is 2.21. The summed E-state index contributed by atoms with van der Waals surface area (Å²) >= 11 is 0. The van der Waals surface area contributed by atoms with Crippen LogP contribution in [0.15, 0.2) is 39.3 Å². The van der Waals surface area contributed by atoms with E-state index in [-0.39, 0.29) is 0 Å². The molecular formula is C14H13N3O2. The number of hydrogen-bond acceptors (Lipinski definition) is 5. The highest BCUT2D eigenvalue weighted by molar-refractivity contribution is 5.74. The van der Waals surface area contributed by atoms with E-state index in [0.717, 1.165) is 22.8 Å². The van der Waals surface area contributed by atoms with Gasteiger partial charge in [0, 0.05) is 5.92 Å². The molecule has 1 saturated carbocycles. The fourth-order valence-corrected chi connectivity index (χ4v) is 2.03. The van der Waals surface area contributed by atoms with Crippen LogP contribution in [0.2, 0.25) is 0 Å². The van der Waals surface area contributed by atoms with Crippen molar-refractivity contribution in [3.8, 4) is 0 Å². The molecule has 0 atom stereocenters. The molecule has 5 nitrogen and oxygen atoms in total. The molecule has 0 spiro atoms. The number of rotatable bonds is 4. The third-order valence-electron chi connectivity index (χ3n) is 3.21.